The Morgan fingerprint density at radius 3 is 2.10 bits per heavy atom. The summed E-state index contributed by atoms with van der Waals surface area (Å²) in [7, 11) is 2.34. The normalized spacial score (nSPS) is 98.4. The summed E-state index contributed by atoms with van der Waals surface area (Å²) in [4.78, 5) is 2.67. The van der Waals surface area contributed by atoms with E-state index in [2.05, 4.69) is 18.9 Å². The van der Waals surface area contributed by atoms with Gasteiger partial charge < -0.3 is 0 Å². The van der Waals surface area contributed by atoms with Gasteiger partial charge in [-0.1, -0.05) is 0 Å². The molecule has 52 valence electrons. The molecule has 8 rings (SSSR count). The summed E-state index contributed by atoms with van der Waals surface area (Å²) in [5, 5.41) is 0. The van der Waals surface area contributed by atoms with Gasteiger partial charge in [-0.15, -0.1) is 0 Å². The van der Waals surface area contributed by atoms with E-state index in [0.717, 1.165) is 17.0 Å². The van der Waals surface area contributed by atoms with Crippen LogP contribution >= 0.6 is 0 Å². The number of hydrogen-bond acceptors (Lipinski definition) is 1. The van der Waals surface area contributed by atoms with Crippen LogP contribution in [0, 0.1) is 29.1 Å². The molecule has 0 aromatic rings. The number of nitrogens with zero attached hydrogens (tertiary/aromatic N) is 1. The molecule has 7 saturated carbocycles. The largest absolute Gasteiger partial charge is 0.296 e. The maximum Gasteiger partial charge on any atom is 0.0292 e. The predicted molar refractivity (Wildman–Crippen MR) is 36.3 cm³/mol. The molecule has 7 aliphatic carbocycles. The molecule has 1 nitrogen and oxygen atoms in total. The van der Waals surface area contributed by atoms with Crippen molar-refractivity contribution in [3.8, 4) is 0 Å². The van der Waals surface area contributed by atoms with Gasteiger partial charge in [0.05, 0.1) is 0 Å². The molecule has 0 amide bonds. The average Bonchev–Trinajstić information content (AvgIpc) is 1.73. The van der Waals surface area contributed by atoms with E-state index in [-0.39, 0.29) is 0 Å². The van der Waals surface area contributed by atoms with Crippen molar-refractivity contribution in [2.75, 3.05) is 7.05 Å². The molecule has 8 aliphatic rings. The van der Waals surface area contributed by atoms with Gasteiger partial charge in [-0.3, -0.25) is 4.90 Å². The van der Waals surface area contributed by atoms with Gasteiger partial charge >= 0.3 is 0 Å². The second-order valence-corrected chi connectivity index (χ2v) is 5.29. The van der Waals surface area contributed by atoms with Crippen molar-refractivity contribution in [1.82, 2.24) is 4.90 Å². The van der Waals surface area contributed by atoms with E-state index in [9.17, 15) is 0 Å². The predicted octanol–water partition coefficient (Wildman–Crippen LogP) is 0.565. The summed E-state index contributed by atoms with van der Waals surface area (Å²) < 4.78 is 0. The first-order chi connectivity index (χ1) is 4.77. The van der Waals surface area contributed by atoms with Crippen LogP contribution < -0.4 is 0 Å². The van der Waals surface area contributed by atoms with Crippen LogP contribution in [-0.2, 0) is 0 Å². The van der Waals surface area contributed by atoms with E-state index in [1.807, 2.05) is 0 Å². The number of hydrogen-bond donors (Lipinski definition) is 0. The zero-order valence-electron chi connectivity index (χ0n) is 6.33. The molecule has 8 fully saturated rings. The Hall–Kier alpha value is -0.0400. The van der Waals surface area contributed by atoms with Crippen LogP contribution in [0.2, 0.25) is 0 Å². The van der Waals surface area contributed by atoms with E-state index in [0.29, 0.717) is 0 Å². The van der Waals surface area contributed by atoms with E-state index < -0.39 is 0 Å². The lowest BCUT2D eigenvalue weighted by Gasteiger charge is -3.16. The number of piperidine rings is 6. The molecular weight excluding hydrogens is 122 g/mol. The fourth-order valence-corrected chi connectivity index (χ4v) is 5.98. The molecule has 0 aromatic heterocycles. The summed E-state index contributed by atoms with van der Waals surface area (Å²) in [5.74, 6) is 4.89. The zero-order valence-corrected chi connectivity index (χ0v) is 6.33. The monoisotopic (exact) mass is 133 g/mol. The van der Waals surface area contributed by atoms with Crippen molar-refractivity contribution in [2.45, 2.75) is 18.5 Å². The summed E-state index contributed by atoms with van der Waals surface area (Å²) in [6.45, 7) is 2.50. The van der Waals surface area contributed by atoms with Crippen molar-refractivity contribution in [3.05, 3.63) is 0 Å². The van der Waals surface area contributed by atoms with Gasteiger partial charge in [0.1, 0.15) is 0 Å². The van der Waals surface area contributed by atoms with Crippen molar-refractivity contribution < 1.29 is 0 Å². The second-order valence-electron chi connectivity index (χ2n) is 5.29. The Labute approximate surface area is 60.4 Å². The third kappa shape index (κ3) is 0.0973. The van der Waals surface area contributed by atoms with Gasteiger partial charge in [0.2, 0.25) is 0 Å². The fourth-order valence-electron chi connectivity index (χ4n) is 5.98. The highest BCUT2D eigenvalue weighted by Gasteiger charge is 3.13. The Morgan fingerprint density at radius 1 is 1.20 bits per heavy atom. The van der Waals surface area contributed by atoms with Gasteiger partial charge in [0.25, 0.3) is 0 Å². The molecule has 0 aromatic carbocycles. The Balaban J connectivity index is 1.88. The molecule has 0 N–H and O–H groups in total. The molecule has 4 atom stereocenters. The van der Waals surface area contributed by atoms with Crippen LogP contribution in [0.25, 0.3) is 0 Å². The first kappa shape index (κ1) is 4.10. The average molecular weight is 133 g/mol. The maximum atomic E-state index is 2.67. The fraction of sp³-hybridized carbons (Fsp3) is 1.00. The summed E-state index contributed by atoms with van der Waals surface area (Å²) in [6, 6.07) is 1.08. The van der Waals surface area contributed by atoms with Crippen molar-refractivity contribution in [1.29, 1.82) is 0 Å². The maximum absolute atomic E-state index is 2.67. The second kappa shape index (κ2) is 0.632. The Kier molecular flexibility index (Phi) is 0.260. The molecule has 1 heteroatoms. The Bertz CT molecular complexity index is 270. The van der Waals surface area contributed by atoms with Gasteiger partial charge in [0, 0.05) is 17.0 Å². The lowest BCUT2D eigenvalue weighted by Crippen LogP contribution is -3.22. The van der Waals surface area contributed by atoms with Crippen LogP contribution in [0.5, 0.6) is 0 Å². The molecule has 1 spiro atoms. The van der Waals surface area contributed by atoms with Crippen LogP contribution in [0.4, 0.5) is 0 Å². The van der Waals surface area contributed by atoms with Crippen molar-refractivity contribution in [2.24, 2.45) is 29.1 Å². The number of rotatable bonds is 0. The first-order valence-electron chi connectivity index (χ1n) is 4.50. The molecular formula is C9H11N. The van der Waals surface area contributed by atoms with E-state index in [4.69, 9.17) is 0 Å². The smallest absolute Gasteiger partial charge is 0.0292 e. The third-order valence-corrected chi connectivity index (χ3v) is 6.24. The highest BCUT2D eigenvalue weighted by Crippen LogP contribution is 3.09. The minimum absolute atomic E-state index is 0.738. The molecule has 4 unspecified atom stereocenters. The van der Waals surface area contributed by atoms with Gasteiger partial charge in [-0.05, 0) is 37.6 Å². The molecule has 1 aliphatic heterocycles. The lowest BCUT2D eigenvalue weighted by molar-refractivity contribution is -0.680. The van der Waals surface area contributed by atoms with Crippen molar-refractivity contribution >= 4 is 0 Å². The SMILES string of the molecule is CN1C2C3C4C5C3C42C51C. The highest BCUT2D eigenvalue weighted by molar-refractivity contribution is 5.63. The van der Waals surface area contributed by atoms with E-state index in [1.54, 1.807) is 0 Å². The molecule has 1 heterocycles. The minimum Gasteiger partial charge on any atom is -0.296 e. The Morgan fingerprint density at radius 2 is 1.90 bits per heavy atom. The summed E-state index contributed by atoms with van der Waals surface area (Å²) in [6.07, 6.45) is 0. The third-order valence-electron chi connectivity index (χ3n) is 6.24. The minimum atomic E-state index is 0.738. The number of likely N-dealkylation sites (tertiary alicyclic amines) is 1. The molecule has 1 saturated heterocycles. The van der Waals surface area contributed by atoms with Crippen LogP contribution in [0.3, 0.4) is 0 Å². The van der Waals surface area contributed by atoms with Gasteiger partial charge in [0.15, 0.2) is 0 Å². The van der Waals surface area contributed by atoms with E-state index >= 15 is 0 Å². The summed E-state index contributed by atoms with van der Waals surface area (Å²) >= 11 is 0. The molecule has 5 bridgehead atoms. The van der Waals surface area contributed by atoms with Gasteiger partial charge in [-0.25, -0.2) is 0 Å². The van der Waals surface area contributed by atoms with Crippen LogP contribution in [0.1, 0.15) is 6.92 Å². The van der Waals surface area contributed by atoms with Crippen LogP contribution in [-0.4, -0.2) is 23.5 Å². The topological polar surface area (TPSA) is 3.24 Å². The first-order valence-corrected chi connectivity index (χ1v) is 4.50. The standard InChI is InChI=1S/C9H11N/c1-8-6-4-3-5(6)9(4,8)7(3)10(8)2/h3-7H,1-2H3. The molecule has 0 radical (unpaired) electrons. The van der Waals surface area contributed by atoms with E-state index in [1.165, 1.54) is 23.7 Å². The highest BCUT2D eigenvalue weighted by atomic mass is 15.5. The summed E-state index contributed by atoms with van der Waals surface area (Å²) in [5.41, 5.74) is 1.69. The quantitative estimate of drug-likeness (QED) is 0.467. The lowest BCUT2D eigenvalue weighted by atomic mass is 8.94. The van der Waals surface area contributed by atoms with Gasteiger partial charge in [-0.2, -0.15) is 0 Å². The van der Waals surface area contributed by atoms with Crippen molar-refractivity contribution in [3.63, 3.8) is 0 Å². The van der Waals surface area contributed by atoms with Crippen LogP contribution in [0.15, 0.2) is 0 Å². The zero-order chi connectivity index (χ0) is 6.46. The molecule has 10 heavy (non-hydrogen) atoms.